The molecule has 0 radical (unpaired) electrons. The highest BCUT2D eigenvalue weighted by atomic mass is 35.5. The smallest absolute Gasteiger partial charge is 0.249 e. The number of aromatic nitrogens is 2. The maximum absolute atomic E-state index is 6.11. The molecule has 0 aliphatic heterocycles. The highest BCUT2D eigenvalue weighted by Crippen LogP contribution is 2.26. The summed E-state index contributed by atoms with van der Waals surface area (Å²) in [5.41, 5.74) is 0.726. The SMILES string of the molecule is COc1ccc(OCCc2nnc(-c3ccccc3Cl)o2)cc1. The van der Waals surface area contributed by atoms with E-state index in [1.807, 2.05) is 42.5 Å². The predicted octanol–water partition coefficient (Wildman–Crippen LogP) is 4.02. The van der Waals surface area contributed by atoms with E-state index in [-0.39, 0.29) is 0 Å². The van der Waals surface area contributed by atoms with Crippen molar-refractivity contribution >= 4 is 11.6 Å². The minimum absolute atomic E-state index is 0.412. The minimum atomic E-state index is 0.412. The lowest BCUT2D eigenvalue weighted by molar-refractivity contribution is 0.306. The minimum Gasteiger partial charge on any atom is -0.497 e. The Hall–Kier alpha value is -2.53. The molecule has 6 heteroatoms. The van der Waals surface area contributed by atoms with Crippen molar-refractivity contribution in [3.8, 4) is 23.0 Å². The summed E-state index contributed by atoms with van der Waals surface area (Å²) in [4.78, 5) is 0. The van der Waals surface area contributed by atoms with E-state index in [0.717, 1.165) is 17.1 Å². The third kappa shape index (κ3) is 3.81. The molecule has 23 heavy (non-hydrogen) atoms. The molecule has 5 nitrogen and oxygen atoms in total. The molecule has 0 aliphatic carbocycles. The van der Waals surface area contributed by atoms with E-state index in [4.69, 9.17) is 25.5 Å². The molecular weight excluding hydrogens is 316 g/mol. The maximum atomic E-state index is 6.11. The van der Waals surface area contributed by atoms with Gasteiger partial charge in [-0.25, -0.2) is 0 Å². The van der Waals surface area contributed by atoms with Crippen LogP contribution in [0.25, 0.3) is 11.5 Å². The second kappa shape index (κ2) is 7.15. The summed E-state index contributed by atoms with van der Waals surface area (Å²) in [5, 5.41) is 8.62. The second-order valence-electron chi connectivity index (χ2n) is 4.75. The maximum Gasteiger partial charge on any atom is 0.249 e. The van der Waals surface area contributed by atoms with Crippen molar-refractivity contribution < 1.29 is 13.9 Å². The van der Waals surface area contributed by atoms with Crippen LogP contribution in [0.5, 0.6) is 11.5 Å². The molecule has 3 aromatic rings. The largest absolute Gasteiger partial charge is 0.497 e. The first-order chi connectivity index (χ1) is 11.3. The summed E-state index contributed by atoms with van der Waals surface area (Å²) in [5.74, 6) is 2.47. The number of benzene rings is 2. The first-order valence-electron chi connectivity index (χ1n) is 7.10. The molecule has 0 fully saturated rings. The summed E-state index contributed by atoms with van der Waals surface area (Å²) >= 11 is 6.11. The fraction of sp³-hybridized carbons (Fsp3) is 0.176. The van der Waals surface area contributed by atoms with Gasteiger partial charge in [-0.05, 0) is 36.4 Å². The van der Waals surface area contributed by atoms with Crippen molar-refractivity contribution in [2.45, 2.75) is 6.42 Å². The Morgan fingerprint density at radius 1 is 1.00 bits per heavy atom. The Labute approximate surface area is 138 Å². The number of methoxy groups -OCH3 is 1. The number of nitrogens with zero attached hydrogens (tertiary/aromatic N) is 2. The molecule has 0 amide bonds. The summed E-state index contributed by atoms with van der Waals surface area (Å²) in [6, 6.07) is 14.7. The van der Waals surface area contributed by atoms with Crippen molar-refractivity contribution in [2.75, 3.05) is 13.7 Å². The fourth-order valence-corrected chi connectivity index (χ4v) is 2.24. The van der Waals surface area contributed by atoms with Gasteiger partial charge in [-0.1, -0.05) is 23.7 Å². The summed E-state index contributed by atoms with van der Waals surface area (Å²) < 4.78 is 16.4. The van der Waals surface area contributed by atoms with Gasteiger partial charge in [0.2, 0.25) is 11.8 Å². The lowest BCUT2D eigenvalue weighted by Crippen LogP contribution is -2.01. The zero-order valence-electron chi connectivity index (χ0n) is 12.5. The number of ether oxygens (including phenoxy) is 2. The average molecular weight is 331 g/mol. The van der Waals surface area contributed by atoms with Gasteiger partial charge < -0.3 is 13.9 Å². The standard InChI is InChI=1S/C17H15ClN2O3/c1-21-12-6-8-13(9-7-12)22-11-10-16-19-20-17(23-16)14-4-2-3-5-15(14)18/h2-9H,10-11H2,1H3. The zero-order chi connectivity index (χ0) is 16.1. The molecule has 2 aromatic carbocycles. The summed E-state index contributed by atoms with van der Waals surface area (Å²) in [6.07, 6.45) is 0.517. The van der Waals surface area contributed by atoms with Crippen molar-refractivity contribution in [1.29, 1.82) is 0 Å². The van der Waals surface area contributed by atoms with Crippen LogP contribution < -0.4 is 9.47 Å². The normalized spacial score (nSPS) is 10.5. The predicted molar refractivity (Wildman–Crippen MR) is 86.9 cm³/mol. The van der Waals surface area contributed by atoms with Crippen molar-refractivity contribution in [1.82, 2.24) is 10.2 Å². The number of halogens is 1. The van der Waals surface area contributed by atoms with Crippen molar-refractivity contribution in [3.05, 3.63) is 59.4 Å². The topological polar surface area (TPSA) is 57.4 Å². The van der Waals surface area contributed by atoms with Gasteiger partial charge >= 0.3 is 0 Å². The zero-order valence-corrected chi connectivity index (χ0v) is 13.3. The third-order valence-electron chi connectivity index (χ3n) is 3.22. The molecule has 3 rings (SSSR count). The Kier molecular flexibility index (Phi) is 4.78. The Bertz CT molecular complexity index is 772. The van der Waals surface area contributed by atoms with E-state index in [2.05, 4.69) is 10.2 Å². The monoisotopic (exact) mass is 330 g/mol. The average Bonchev–Trinajstić information content (AvgIpc) is 3.04. The molecule has 0 saturated heterocycles. The molecule has 1 heterocycles. The second-order valence-corrected chi connectivity index (χ2v) is 5.16. The van der Waals surface area contributed by atoms with Crippen LogP contribution in [0, 0.1) is 0 Å². The first kappa shape index (κ1) is 15.4. The van der Waals surface area contributed by atoms with Crippen molar-refractivity contribution in [2.24, 2.45) is 0 Å². The molecular formula is C17H15ClN2O3. The van der Waals surface area contributed by atoms with Gasteiger partial charge in [-0.2, -0.15) is 0 Å². The van der Waals surface area contributed by atoms with Gasteiger partial charge in [0.05, 0.1) is 30.7 Å². The van der Waals surface area contributed by atoms with Crippen LogP contribution in [0.2, 0.25) is 5.02 Å². The first-order valence-corrected chi connectivity index (χ1v) is 7.48. The molecule has 0 bridgehead atoms. The quantitative estimate of drug-likeness (QED) is 0.683. The van der Waals surface area contributed by atoms with Gasteiger partial charge in [0.25, 0.3) is 0 Å². The molecule has 1 aromatic heterocycles. The molecule has 0 unspecified atom stereocenters. The van der Waals surface area contributed by atoms with Gasteiger partial charge in [-0.15, -0.1) is 10.2 Å². The van der Waals surface area contributed by atoms with Crippen LogP contribution in [0.3, 0.4) is 0 Å². The molecule has 118 valence electrons. The fourth-order valence-electron chi connectivity index (χ4n) is 2.03. The van der Waals surface area contributed by atoms with Crippen molar-refractivity contribution in [3.63, 3.8) is 0 Å². The van der Waals surface area contributed by atoms with Gasteiger partial charge in [0.1, 0.15) is 11.5 Å². The third-order valence-corrected chi connectivity index (χ3v) is 3.54. The van der Waals surface area contributed by atoms with E-state index in [1.165, 1.54) is 0 Å². The highest BCUT2D eigenvalue weighted by molar-refractivity contribution is 6.33. The van der Waals surface area contributed by atoms with Crippen LogP contribution in [0.15, 0.2) is 52.9 Å². The van der Waals surface area contributed by atoms with Crippen LogP contribution in [0.1, 0.15) is 5.89 Å². The molecule has 0 N–H and O–H groups in total. The molecule has 0 saturated carbocycles. The number of hydrogen-bond acceptors (Lipinski definition) is 5. The van der Waals surface area contributed by atoms with E-state index in [1.54, 1.807) is 13.2 Å². The van der Waals surface area contributed by atoms with Crippen LogP contribution in [0.4, 0.5) is 0 Å². The highest BCUT2D eigenvalue weighted by Gasteiger charge is 2.11. The summed E-state index contributed by atoms with van der Waals surface area (Å²) in [7, 11) is 1.63. The molecule has 0 spiro atoms. The lowest BCUT2D eigenvalue weighted by atomic mass is 10.2. The molecule has 0 aliphatic rings. The Morgan fingerprint density at radius 3 is 2.48 bits per heavy atom. The summed E-state index contributed by atoms with van der Waals surface area (Å²) in [6.45, 7) is 0.441. The van der Waals surface area contributed by atoms with Crippen LogP contribution >= 0.6 is 11.6 Å². The lowest BCUT2D eigenvalue weighted by Gasteiger charge is -2.05. The van der Waals surface area contributed by atoms with Gasteiger partial charge in [0, 0.05) is 0 Å². The van der Waals surface area contributed by atoms with Gasteiger partial charge in [-0.3, -0.25) is 0 Å². The number of hydrogen-bond donors (Lipinski definition) is 0. The van der Waals surface area contributed by atoms with E-state index in [0.29, 0.717) is 29.8 Å². The van der Waals surface area contributed by atoms with Crippen LogP contribution in [-0.4, -0.2) is 23.9 Å². The van der Waals surface area contributed by atoms with Crippen LogP contribution in [-0.2, 0) is 6.42 Å². The van der Waals surface area contributed by atoms with E-state index >= 15 is 0 Å². The van der Waals surface area contributed by atoms with Gasteiger partial charge in [0.15, 0.2) is 0 Å². The molecule has 0 atom stereocenters. The Balaban J connectivity index is 1.58. The Morgan fingerprint density at radius 2 is 1.74 bits per heavy atom. The van der Waals surface area contributed by atoms with E-state index in [9.17, 15) is 0 Å². The van der Waals surface area contributed by atoms with E-state index < -0.39 is 0 Å². The number of rotatable bonds is 6.